The molecule has 0 spiro atoms. The molecule has 0 unspecified atom stereocenters. The van der Waals surface area contributed by atoms with Crippen LogP contribution < -0.4 is 4.74 Å². The number of hydrogen-bond acceptors (Lipinski definition) is 5. The number of carbonyl (C=O) groups is 1. The van der Waals surface area contributed by atoms with Crippen LogP contribution in [0.5, 0.6) is 5.75 Å². The van der Waals surface area contributed by atoms with Crippen molar-refractivity contribution >= 4 is 11.6 Å². The fourth-order valence-corrected chi connectivity index (χ4v) is 3.49. The molecule has 1 fully saturated rings. The van der Waals surface area contributed by atoms with E-state index < -0.39 is 0 Å². The molecule has 7 nitrogen and oxygen atoms in total. The summed E-state index contributed by atoms with van der Waals surface area (Å²) in [5.74, 6) is 1.03. The van der Waals surface area contributed by atoms with Crippen LogP contribution in [0.15, 0.2) is 48.5 Å². The number of nitro benzene ring substituents is 1. The predicted octanol–water partition coefficient (Wildman–Crippen LogP) is 2.92. The van der Waals surface area contributed by atoms with Gasteiger partial charge in [-0.2, -0.15) is 0 Å². The third kappa shape index (κ3) is 6.02. The molecular weight excluding hydrogens is 370 g/mol. The molecule has 1 amide bonds. The molecule has 2 aromatic carbocycles. The summed E-state index contributed by atoms with van der Waals surface area (Å²) in [6, 6.07) is 14.6. The Bertz CT molecular complexity index is 813. The first-order valence-electron chi connectivity index (χ1n) is 9.91. The van der Waals surface area contributed by atoms with Crippen LogP contribution in [0.1, 0.15) is 17.5 Å². The number of methoxy groups -OCH3 is 1. The Morgan fingerprint density at radius 3 is 2.14 bits per heavy atom. The van der Waals surface area contributed by atoms with Crippen LogP contribution in [-0.4, -0.2) is 60.5 Å². The third-order valence-corrected chi connectivity index (χ3v) is 5.38. The van der Waals surface area contributed by atoms with Crippen molar-refractivity contribution in [2.45, 2.75) is 19.3 Å². The summed E-state index contributed by atoms with van der Waals surface area (Å²) in [4.78, 5) is 27.1. The van der Waals surface area contributed by atoms with E-state index in [2.05, 4.69) is 4.90 Å². The number of benzene rings is 2. The van der Waals surface area contributed by atoms with Crippen molar-refractivity contribution in [3.05, 3.63) is 69.8 Å². The Morgan fingerprint density at radius 1 is 0.966 bits per heavy atom. The first-order chi connectivity index (χ1) is 14.0. The Hall–Kier alpha value is -2.93. The minimum absolute atomic E-state index is 0.121. The summed E-state index contributed by atoms with van der Waals surface area (Å²) in [5, 5.41) is 10.7. The van der Waals surface area contributed by atoms with Gasteiger partial charge in [-0.3, -0.25) is 19.8 Å². The molecule has 0 saturated carbocycles. The lowest BCUT2D eigenvalue weighted by Crippen LogP contribution is -2.49. The Labute approximate surface area is 171 Å². The van der Waals surface area contributed by atoms with Crippen molar-refractivity contribution in [2.24, 2.45) is 0 Å². The van der Waals surface area contributed by atoms with E-state index in [1.165, 1.54) is 0 Å². The van der Waals surface area contributed by atoms with E-state index in [0.29, 0.717) is 6.42 Å². The second-order valence-electron chi connectivity index (χ2n) is 7.24. The molecule has 1 aliphatic rings. The van der Waals surface area contributed by atoms with Crippen molar-refractivity contribution in [3.63, 3.8) is 0 Å². The maximum absolute atomic E-state index is 12.5. The van der Waals surface area contributed by atoms with Gasteiger partial charge in [0.15, 0.2) is 0 Å². The topological polar surface area (TPSA) is 75.9 Å². The Kier molecular flexibility index (Phi) is 7.19. The second-order valence-corrected chi connectivity index (χ2v) is 7.24. The Balaban J connectivity index is 1.37. The zero-order valence-corrected chi connectivity index (χ0v) is 16.8. The average molecular weight is 397 g/mol. The highest BCUT2D eigenvalue weighted by Gasteiger charge is 2.20. The summed E-state index contributed by atoms with van der Waals surface area (Å²) < 4.78 is 5.16. The molecule has 7 heteroatoms. The number of ether oxygens (including phenoxy) is 1. The molecular formula is C22H27N3O4. The lowest BCUT2D eigenvalue weighted by Gasteiger charge is -2.34. The monoisotopic (exact) mass is 397 g/mol. The lowest BCUT2D eigenvalue weighted by atomic mass is 10.1. The van der Waals surface area contributed by atoms with E-state index in [0.717, 1.165) is 62.4 Å². The number of non-ortho nitro benzene ring substituents is 1. The molecule has 0 N–H and O–H groups in total. The molecule has 3 rings (SSSR count). The van der Waals surface area contributed by atoms with Gasteiger partial charge in [-0.25, -0.2) is 0 Å². The van der Waals surface area contributed by atoms with Crippen LogP contribution >= 0.6 is 0 Å². The number of nitrogens with zero attached hydrogens (tertiary/aromatic N) is 3. The molecule has 1 heterocycles. The molecule has 2 aromatic rings. The minimum atomic E-state index is -0.380. The smallest absolute Gasteiger partial charge is 0.269 e. The maximum atomic E-state index is 12.5. The number of piperazine rings is 1. The largest absolute Gasteiger partial charge is 0.497 e. The van der Waals surface area contributed by atoms with Crippen LogP contribution in [-0.2, 0) is 17.6 Å². The van der Waals surface area contributed by atoms with Crippen LogP contribution in [0.2, 0.25) is 0 Å². The van der Waals surface area contributed by atoms with Crippen molar-refractivity contribution in [1.82, 2.24) is 9.80 Å². The maximum Gasteiger partial charge on any atom is 0.269 e. The van der Waals surface area contributed by atoms with E-state index in [-0.39, 0.29) is 16.5 Å². The molecule has 1 aliphatic heterocycles. The second kappa shape index (κ2) is 10.0. The van der Waals surface area contributed by atoms with Gasteiger partial charge in [0.25, 0.3) is 5.69 Å². The summed E-state index contributed by atoms with van der Waals surface area (Å²) in [7, 11) is 1.64. The molecule has 0 aromatic heterocycles. The first kappa shape index (κ1) is 20.8. The fourth-order valence-electron chi connectivity index (χ4n) is 3.49. The van der Waals surface area contributed by atoms with Crippen molar-refractivity contribution < 1.29 is 14.5 Å². The fraction of sp³-hybridized carbons (Fsp3) is 0.409. The van der Waals surface area contributed by atoms with Gasteiger partial charge in [0.1, 0.15) is 5.75 Å². The van der Waals surface area contributed by atoms with Gasteiger partial charge >= 0.3 is 0 Å². The van der Waals surface area contributed by atoms with Gasteiger partial charge < -0.3 is 9.64 Å². The van der Waals surface area contributed by atoms with Gasteiger partial charge in [-0.1, -0.05) is 24.3 Å². The van der Waals surface area contributed by atoms with Gasteiger partial charge in [-0.05, 0) is 36.1 Å². The van der Waals surface area contributed by atoms with Gasteiger partial charge in [-0.15, -0.1) is 0 Å². The lowest BCUT2D eigenvalue weighted by molar-refractivity contribution is -0.384. The molecule has 0 radical (unpaired) electrons. The Morgan fingerprint density at radius 2 is 1.55 bits per heavy atom. The van der Waals surface area contributed by atoms with E-state index >= 15 is 0 Å². The van der Waals surface area contributed by atoms with E-state index in [1.807, 2.05) is 41.3 Å². The number of carbonyl (C=O) groups excluding carboxylic acids is 1. The van der Waals surface area contributed by atoms with E-state index in [1.54, 1.807) is 19.2 Å². The minimum Gasteiger partial charge on any atom is -0.497 e. The van der Waals surface area contributed by atoms with Gasteiger partial charge in [0, 0.05) is 51.3 Å². The van der Waals surface area contributed by atoms with Crippen LogP contribution in [0, 0.1) is 10.1 Å². The number of hydrogen-bond donors (Lipinski definition) is 0. The standard InChI is InChI=1S/C22H27N3O4/c1-29-21-9-4-18(5-10-21)6-11-22(26)24-16-14-23(15-17-24)13-12-19-2-7-20(8-3-19)25(27)28/h2-5,7-10H,6,11-17H2,1H3. The average Bonchev–Trinajstić information content (AvgIpc) is 2.77. The van der Waals surface area contributed by atoms with Crippen LogP contribution in [0.4, 0.5) is 5.69 Å². The normalized spacial score (nSPS) is 14.6. The highest BCUT2D eigenvalue weighted by atomic mass is 16.6. The highest BCUT2D eigenvalue weighted by Crippen LogP contribution is 2.15. The number of rotatable bonds is 8. The quantitative estimate of drug-likeness (QED) is 0.506. The van der Waals surface area contributed by atoms with E-state index in [4.69, 9.17) is 4.74 Å². The zero-order chi connectivity index (χ0) is 20.6. The molecule has 29 heavy (non-hydrogen) atoms. The molecule has 154 valence electrons. The summed E-state index contributed by atoms with van der Waals surface area (Å²) >= 11 is 0. The summed E-state index contributed by atoms with van der Waals surface area (Å²) in [6.45, 7) is 4.12. The number of aryl methyl sites for hydroxylation is 1. The predicted molar refractivity (Wildman–Crippen MR) is 111 cm³/mol. The molecule has 1 saturated heterocycles. The molecule has 0 atom stereocenters. The molecule has 0 aliphatic carbocycles. The first-order valence-corrected chi connectivity index (χ1v) is 9.91. The van der Waals surface area contributed by atoms with Gasteiger partial charge in [0.2, 0.25) is 5.91 Å². The van der Waals surface area contributed by atoms with Crippen molar-refractivity contribution in [2.75, 3.05) is 39.8 Å². The highest BCUT2D eigenvalue weighted by molar-refractivity contribution is 5.76. The number of nitro groups is 1. The summed E-state index contributed by atoms with van der Waals surface area (Å²) in [6.07, 6.45) is 2.11. The van der Waals surface area contributed by atoms with Crippen LogP contribution in [0.25, 0.3) is 0 Å². The molecule has 0 bridgehead atoms. The van der Waals surface area contributed by atoms with Crippen molar-refractivity contribution in [1.29, 1.82) is 0 Å². The number of amides is 1. The third-order valence-electron chi connectivity index (χ3n) is 5.38. The zero-order valence-electron chi connectivity index (χ0n) is 16.8. The van der Waals surface area contributed by atoms with Crippen LogP contribution in [0.3, 0.4) is 0 Å². The van der Waals surface area contributed by atoms with Crippen molar-refractivity contribution in [3.8, 4) is 5.75 Å². The van der Waals surface area contributed by atoms with Gasteiger partial charge in [0.05, 0.1) is 12.0 Å². The summed E-state index contributed by atoms with van der Waals surface area (Å²) in [5.41, 5.74) is 2.35. The SMILES string of the molecule is COc1ccc(CCC(=O)N2CCN(CCc3ccc([N+](=O)[O-])cc3)CC2)cc1. The van der Waals surface area contributed by atoms with E-state index in [9.17, 15) is 14.9 Å².